The van der Waals surface area contributed by atoms with E-state index in [1.165, 1.54) is 12.1 Å². The minimum Gasteiger partial charge on any atom is -0.493 e. The van der Waals surface area contributed by atoms with Crippen LogP contribution in [0.2, 0.25) is 0 Å². The summed E-state index contributed by atoms with van der Waals surface area (Å²) in [6, 6.07) is 6.04. The first-order chi connectivity index (χ1) is 9.65. The summed E-state index contributed by atoms with van der Waals surface area (Å²) in [4.78, 5) is 11.8. The summed E-state index contributed by atoms with van der Waals surface area (Å²) in [5, 5.41) is 6.35. The first-order valence-corrected chi connectivity index (χ1v) is 7.03. The van der Waals surface area contributed by atoms with Crippen molar-refractivity contribution >= 4 is 18.3 Å². The zero-order valence-corrected chi connectivity index (χ0v) is 12.9. The molecular formula is C15H22ClFN2O2. The molecule has 2 unspecified atom stereocenters. The molecule has 0 aromatic heterocycles. The van der Waals surface area contributed by atoms with Crippen LogP contribution in [0.25, 0.3) is 0 Å². The standard InChI is InChI=1S/C15H21FN2O2.ClH/c1-11-10-17-8-6-14(11)18-15(19)7-9-20-13-4-2-12(16)3-5-13;/h2-5,11,14,17H,6-10H2,1H3,(H,18,19);1H. The molecule has 2 rings (SSSR count). The zero-order valence-electron chi connectivity index (χ0n) is 12.1. The lowest BCUT2D eigenvalue weighted by Gasteiger charge is -2.30. The minimum atomic E-state index is -0.296. The highest BCUT2D eigenvalue weighted by atomic mass is 35.5. The average Bonchev–Trinajstić information content (AvgIpc) is 2.44. The maximum Gasteiger partial charge on any atom is 0.223 e. The molecule has 1 aliphatic heterocycles. The minimum absolute atomic E-state index is 0. The number of piperidine rings is 1. The Labute approximate surface area is 130 Å². The molecule has 1 fully saturated rings. The lowest BCUT2D eigenvalue weighted by molar-refractivity contribution is -0.122. The third-order valence-corrected chi connectivity index (χ3v) is 3.54. The van der Waals surface area contributed by atoms with Crippen LogP contribution in [0.1, 0.15) is 19.8 Å². The monoisotopic (exact) mass is 316 g/mol. The number of hydrogen-bond donors (Lipinski definition) is 2. The normalized spacial score (nSPS) is 21.2. The molecule has 0 bridgehead atoms. The lowest BCUT2D eigenvalue weighted by Crippen LogP contribution is -2.48. The molecule has 1 heterocycles. The molecule has 21 heavy (non-hydrogen) atoms. The summed E-state index contributed by atoms with van der Waals surface area (Å²) < 4.78 is 18.1. The van der Waals surface area contributed by atoms with Crippen LogP contribution in [0.3, 0.4) is 0 Å². The number of nitrogens with one attached hydrogen (secondary N) is 2. The van der Waals surface area contributed by atoms with Gasteiger partial charge in [-0.05, 0) is 49.7 Å². The molecule has 118 valence electrons. The molecule has 0 aliphatic carbocycles. The van der Waals surface area contributed by atoms with Crippen LogP contribution in [0.5, 0.6) is 5.75 Å². The molecule has 6 heteroatoms. The van der Waals surface area contributed by atoms with Gasteiger partial charge in [-0.15, -0.1) is 12.4 Å². The fourth-order valence-corrected chi connectivity index (χ4v) is 2.30. The van der Waals surface area contributed by atoms with Crippen molar-refractivity contribution in [2.24, 2.45) is 5.92 Å². The van der Waals surface area contributed by atoms with Gasteiger partial charge in [-0.2, -0.15) is 0 Å². The van der Waals surface area contributed by atoms with Gasteiger partial charge in [0, 0.05) is 6.04 Å². The second-order valence-corrected chi connectivity index (χ2v) is 5.20. The van der Waals surface area contributed by atoms with Crippen molar-refractivity contribution in [2.45, 2.75) is 25.8 Å². The second-order valence-electron chi connectivity index (χ2n) is 5.20. The summed E-state index contributed by atoms with van der Waals surface area (Å²) >= 11 is 0. The summed E-state index contributed by atoms with van der Waals surface area (Å²) in [5.41, 5.74) is 0. The van der Waals surface area contributed by atoms with Gasteiger partial charge in [-0.1, -0.05) is 6.92 Å². The highest BCUT2D eigenvalue weighted by Gasteiger charge is 2.22. The topological polar surface area (TPSA) is 50.4 Å². The highest BCUT2D eigenvalue weighted by molar-refractivity contribution is 5.85. The Balaban J connectivity index is 0.00000220. The molecule has 0 spiro atoms. The first-order valence-electron chi connectivity index (χ1n) is 7.03. The predicted octanol–water partition coefficient (Wildman–Crippen LogP) is 2.13. The number of carbonyl (C=O) groups is 1. The fraction of sp³-hybridized carbons (Fsp3) is 0.533. The van der Waals surface area contributed by atoms with Crippen LogP contribution in [0, 0.1) is 11.7 Å². The molecule has 2 atom stereocenters. The van der Waals surface area contributed by atoms with E-state index in [2.05, 4.69) is 17.6 Å². The summed E-state index contributed by atoms with van der Waals surface area (Å²) in [5.74, 6) is 0.737. The number of benzene rings is 1. The van der Waals surface area contributed by atoms with Crippen LogP contribution in [-0.4, -0.2) is 31.6 Å². The van der Waals surface area contributed by atoms with Crippen LogP contribution in [0.4, 0.5) is 4.39 Å². The van der Waals surface area contributed by atoms with Crippen LogP contribution < -0.4 is 15.4 Å². The Morgan fingerprint density at radius 3 is 2.81 bits per heavy atom. The van der Waals surface area contributed by atoms with Crippen molar-refractivity contribution in [1.29, 1.82) is 0 Å². The van der Waals surface area contributed by atoms with Crippen molar-refractivity contribution in [1.82, 2.24) is 10.6 Å². The van der Waals surface area contributed by atoms with E-state index in [1.807, 2.05) is 0 Å². The molecule has 0 saturated carbocycles. The number of rotatable bonds is 5. The Morgan fingerprint density at radius 1 is 1.43 bits per heavy atom. The Hall–Kier alpha value is -1.33. The molecule has 1 saturated heterocycles. The Bertz CT molecular complexity index is 442. The van der Waals surface area contributed by atoms with E-state index < -0.39 is 0 Å². The Morgan fingerprint density at radius 2 is 2.14 bits per heavy atom. The number of amides is 1. The van der Waals surface area contributed by atoms with Gasteiger partial charge in [-0.3, -0.25) is 4.79 Å². The van der Waals surface area contributed by atoms with Gasteiger partial charge in [0.2, 0.25) is 5.91 Å². The lowest BCUT2D eigenvalue weighted by atomic mass is 9.95. The number of halogens is 2. The summed E-state index contributed by atoms with van der Waals surface area (Å²) in [6.07, 6.45) is 1.28. The maximum absolute atomic E-state index is 12.7. The van der Waals surface area contributed by atoms with Crippen molar-refractivity contribution in [3.05, 3.63) is 30.1 Å². The van der Waals surface area contributed by atoms with Crippen molar-refractivity contribution in [2.75, 3.05) is 19.7 Å². The van der Waals surface area contributed by atoms with Gasteiger partial charge in [0.1, 0.15) is 11.6 Å². The van der Waals surface area contributed by atoms with E-state index in [0.717, 1.165) is 19.5 Å². The van der Waals surface area contributed by atoms with Gasteiger partial charge in [0.05, 0.1) is 13.0 Å². The molecule has 0 radical (unpaired) electrons. The molecule has 4 nitrogen and oxygen atoms in total. The zero-order chi connectivity index (χ0) is 14.4. The van der Waals surface area contributed by atoms with E-state index in [-0.39, 0.29) is 30.2 Å². The van der Waals surface area contributed by atoms with E-state index in [0.29, 0.717) is 24.7 Å². The first kappa shape index (κ1) is 17.7. The molecule has 2 N–H and O–H groups in total. The quantitative estimate of drug-likeness (QED) is 0.875. The molecule has 1 aromatic rings. The van der Waals surface area contributed by atoms with Crippen LogP contribution >= 0.6 is 12.4 Å². The third-order valence-electron chi connectivity index (χ3n) is 3.54. The van der Waals surface area contributed by atoms with E-state index >= 15 is 0 Å². The van der Waals surface area contributed by atoms with Gasteiger partial charge in [0.25, 0.3) is 0 Å². The van der Waals surface area contributed by atoms with Gasteiger partial charge < -0.3 is 15.4 Å². The predicted molar refractivity (Wildman–Crippen MR) is 82.3 cm³/mol. The smallest absolute Gasteiger partial charge is 0.223 e. The molecular weight excluding hydrogens is 295 g/mol. The highest BCUT2D eigenvalue weighted by Crippen LogP contribution is 2.12. The largest absolute Gasteiger partial charge is 0.493 e. The SMILES string of the molecule is CC1CNCCC1NC(=O)CCOc1ccc(F)cc1.Cl. The molecule has 1 aliphatic rings. The van der Waals surface area contributed by atoms with Crippen LogP contribution in [-0.2, 0) is 4.79 Å². The second kappa shape index (κ2) is 8.85. The maximum atomic E-state index is 12.7. The molecule has 1 aromatic carbocycles. The number of carbonyl (C=O) groups excluding carboxylic acids is 1. The van der Waals surface area contributed by atoms with E-state index in [9.17, 15) is 9.18 Å². The van der Waals surface area contributed by atoms with Crippen molar-refractivity contribution in [3.63, 3.8) is 0 Å². The van der Waals surface area contributed by atoms with E-state index in [1.54, 1.807) is 12.1 Å². The average molecular weight is 317 g/mol. The van der Waals surface area contributed by atoms with Crippen molar-refractivity contribution in [3.8, 4) is 5.75 Å². The summed E-state index contributed by atoms with van der Waals surface area (Å²) in [7, 11) is 0. The third kappa shape index (κ3) is 5.89. The molecule has 1 amide bonds. The van der Waals surface area contributed by atoms with Gasteiger partial charge in [-0.25, -0.2) is 4.39 Å². The summed E-state index contributed by atoms with van der Waals surface area (Å²) in [6.45, 7) is 4.32. The van der Waals surface area contributed by atoms with Crippen LogP contribution in [0.15, 0.2) is 24.3 Å². The fourth-order valence-electron chi connectivity index (χ4n) is 2.30. The number of ether oxygens (including phenoxy) is 1. The van der Waals surface area contributed by atoms with Gasteiger partial charge >= 0.3 is 0 Å². The van der Waals surface area contributed by atoms with Gasteiger partial charge in [0.15, 0.2) is 0 Å². The Kier molecular flexibility index (Phi) is 7.47. The number of hydrogen-bond acceptors (Lipinski definition) is 3. The van der Waals surface area contributed by atoms with Crippen molar-refractivity contribution < 1.29 is 13.9 Å². The van der Waals surface area contributed by atoms with E-state index in [4.69, 9.17) is 4.74 Å².